The molecule has 0 unspecified atom stereocenters. The maximum atomic E-state index is 4.73. The van der Waals surface area contributed by atoms with Gasteiger partial charge >= 0.3 is 0 Å². The predicted molar refractivity (Wildman–Crippen MR) is 96.0 cm³/mol. The van der Waals surface area contributed by atoms with Gasteiger partial charge in [-0.2, -0.15) is 0 Å². The highest BCUT2D eigenvalue weighted by Gasteiger charge is 2.05. The minimum Gasteiger partial charge on any atom is -0.240 e. The minimum absolute atomic E-state index is 0.921. The van der Waals surface area contributed by atoms with E-state index in [2.05, 4.69) is 76.8 Å². The van der Waals surface area contributed by atoms with Crippen molar-refractivity contribution < 1.29 is 0 Å². The molecule has 0 radical (unpaired) electrons. The molecule has 2 aromatic carbocycles. The summed E-state index contributed by atoms with van der Waals surface area (Å²) >= 11 is 7.03. The molecule has 0 aliphatic heterocycles. The lowest BCUT2D eigenvalue weighted by Gasteiger charge is -2.00. The molecule has 0 amide bonds. The SMILES string of the molecule is Cc1cccc(SCc2nc(-c3ccc(Br)cc3)cs2)c1. The Labute approximate surface area is 141 Å². The van der Waals surface area contributed by atoms with Gasteiger partial charge in [-0.1, -0.05) is 45.8 Å². The molecule has 0 atom stereocenters. The summed E-state index contributed by atoms with van der Waals surface area (Å²) in [6, 6.07) is 16.9. The average molecular weight is 376 g/mol. The molecule has 4 heteroatoms. The number of halogens is 1. The number of aromatic nitrogens is 1. The molecule has 0 aliphatic carbocycles. The Morgan fingerprint density at radius 1 is 1.14 bits per heavy atom. The van der Waals surface area contributed by atoms with Gasteiger partial charge in [0.1, 0.15) is 5.01 Å². The van der Waals surface area contributed by atoms with Crippen LogP contribution >= 0.6 is 39.0 Å². The monoisotopic (exact) mass is 375 g/mol. The number of rotatable bonds is 4. The first kappa shape index (κ1) is 14.8. The van der Waals surface area contributed by atoms with Crippen LogP contribution in [0.5, 0.6) is 0 Å². The number of thioether (sulfide) groups is 1. The lowest BCUT2D eigenvalue weighted by Crippen LogP contribution is -1.82. The lowest BCUT2D eigenvalue weighted by molar-refractivity contribution is 1.26. The zero-order chi connectivity index (χ0) is 14.7. The van der Waals surface area contributed by atoms with E-state index in [9.17, 15) is 0 Å². The molecular formula is C17H14BrNS2. The molecule has 0 bridgehead atoms. The molecule has 21 heavy (non-hydrogen) atoms. The highest BCUT2D eigenvalue weighted by atomic mass is 79.9. The van der Waals surface area contributed by atoms with Crippen LogP contribution in [-0.2, 0) is 5.75 Å². The van der Waals surface area contributed by atoms with Crippen molar-refractivity contribution in [2.45, 2.75) is 17.6 Å². The van der Waals surface area contributed by atoms with Crippen molar-refractivity contribution in [2.24, 2.45) is 0 Å². The summed E-state index contributed by atoms with van der Waals surface area (Å²) in [5, 5.41) is 3.30. The molecule has 3 aromatic rings. The Kier molecular flexibility index (Phi) is 4.78. The third-order valence-corrected chi connectivity index (χ3v) is 5.61. The van der Waals surface area contributed by atoms with Gasteiger partial charge in [0.15, 0.2) is 0 Å². The third-order valence-electron chi connectivity index (χ3n) is 3.04. The zero-order valence-corrected chi connectivity index (χ0v) is 14.8. The highest BCUT2D eigenvalue weighted by molar-refractivity contribution is 9.10. The van der Waals surface area contributed by atoms with E-state index >= 15 is 0 Å². The molecule has 0 spiro atoms. The number of benzene rings is 2. The second-order valence-electron chi connectivity index (χ2n) is 4.74. The highest BCUT2D eigenvalue weighted by Crippen LogP contribution is 2.28. The molecule has 1 heterocycles. The normalized spacial score (nSPS) is 10.8. The number of aryl methyl sites for hydroxylation is 1. The van der Waals surface area contributed by atoms with Crippen LogP contribution < -0.4 is 0 Å². The van der Waals surface area contributed by atoms with E-state index in [0.717, 1.165) is 15.9 Å². The summed E-state index contributed by atoms with van der Waals surface area (Å²) in [5.74, 6) is 0.921. The third kappa shape index (κ3) is 3.96. The number of hydrogen-bond donors (Lipinski definition) is 0. The van der Waals surface area contributed by atoms with Crippen LogP contribution in [0.2, 0.25) is 0 Å². The van der Waals surface area contributed by atoms with Crippen LogP contribution in [0.1, 0.15) is 10.6 Å². The fourth-order valence-electron chi connectivity index (χ4n) is 1.98. The standard InChI is InChI=1S/C17H14BrNS2/c1-12-3-2-4-15(9-12)20-11-17-19-16(10-21-17)13-5-7-14(18)8-6-13/h2-10H,11H2,1H3. The van der Waals surface area contributed by atoms with Crippen LogP contribution in [0, 0.1) is 6.92 Å². The molecule has 1 nitrogen and oxygen atoms in total. The first-order valence-electron chi connectivity index (χ1n) is 6.60. The Balaban J connectivity index is 1.69. The molecule has 0 saturated carbocycles. The van der Waals surface area contributed by atoms with Crippen molar-refractivity contribution in [1.82, 2.24) is 4.98 Å². The molecule has 0 aliphatic rings. The van der Waals surface area contributed by atoms with Crippen molar-refractivity contribution >= 4 is 39.0 Å². The second kappa shape index (κ2) is 6.77. The van der Waals surface area contributed by atoms with E-state index in [-0.39, 0.29) is 0 Å². The smallest absolute Gasteiger partial charge is 0.104 e. The largest absolute Gasteiger partial charge is 0.240 e. The van der Waals surface area contributed by atoms with E-state index < -0.39 is 0 Å². The molecule has 1 aromatic heterocycles. The number of thiazole rings is 1. The topological polar surface area (TPSA) is 12.9 Å². The van der Waals surface area contributed by atoms with Gasteiger partial charge in [0.05, 0.1) is 11.4 Å². The van der Waals surface area contributed by atoms with E-state index in [1.807, 2.05) is 11.8 Å². The summed E-state index contributed by atoms with van der Waals surface area (Å²) in [7, 11) is 0. The van der Waals surface area contributed by atoms with Gasteiger partial charge < -0.3 is 0 Å². The summed E-state index contributed by atoms with van der Waals surface area (Å²) in [6.07, 6.45) is 0. The first-order chi connectivity index (χ1) is 10.2. The summed E-state index contributed by atoms with van der Waals surface area (Å²) in [5.41, 5.74) is 3.53. The molecule has 0 saturated heterocycles. The van der Waals surface area contributed by atoms with Crippen LogP contribution in [0.25, 0.3) is 11.3 Å². The minimum atomic E-state index is 0.921. The number of nitrogens with zero attached hydrogens (tertiary/aromatic N) is 1. The second-order valence-corrected chi connectivity index (χ2v) is 7.65. The summed E-state index contributed by atoms with van der Waals surface area (Å²) in [4.78, 5) is 6.03. The van der Waals surface area contributed by atoms with Gasteiger partial charge in [0.25, 0.3) is 0 Å². The van der Waals surface area contributed by atoms with Crippen molar-refractivity contribution in [3.63, 3.8) is 0 Å². The van der Waals surface area contributed by atoms with Crippen molar-refractivity contribution in [3.05, 3.63) is 69.0 Å². The Morgan fingerprint density at radius 3 is 2.71 bits per heavy atom. The van der Waals surface area contributed by atoms with Crippen molar-refractivity contribution in [1.29, 1.82) is 0 Å². The molecular weight excluding hydrogens is 362 g/mol. The Bertz CT molecular complexity index is 735. The average Bonchev–Trinajstić information content (AvgIpc) is 2.95. The molecule has 106 valence electrons. The first-order valence-corrected chi connectivity index (χ1v) is 9.26. The van der Waals surface area contributed by atoms with Crippen LogP contribution in [0.4, 0.5) is 0 Å². The lowest BCUT2D eigenvalue weighted by atomic mass is 10.2. The van der Waals surface area contributed by atoms with E-state index in [0.29, 0.717) is 0 Å². The van der Waals surface area contributed by atoms with E-state index in [1.54, 1.807) is 11.3 Å². The van der Waals surface area contributed by atoms with Crippen LogP contribution in [0.3, 0.4) is 0 Å². The maximum absolute atomic E-state index is 4.73. The fraction of sp³-hybridized carbons (Fsp3) is 0.118. The Morgan fingerprint density at radius 2 is 1.95 bits per heavy atom. The fourth-order valence-corrected chi connectivity index (χ4v) is 4.08. The zero-order valence-electron chi connectivity index (χ0n) is 11.5. The van der Waals surface area contributed by atoms with Crippen molar-refractivity contribution in [3.8, 4) is 11.3 Å². The Hall–Kier alpha value is -1.10. The van der Waals surface area contributed by atoms with Gasteiger partial charge in [0.2, 0.25) is 0 Å². The van der Waals surface area contributed by atoms with Gasteiger partial charge in [-0.25, -0.2) is 4.98 Å². The van der Waals surface area contributed by atoms with Crippen LogP contribution in [-0.4, -0.2) is 4.98 Å². The van der Waals surface area contributed by atoms with Gasteiger partial charge in [-0.3, -0.25) is 0 Å². The number of hydrogen-bond acceptors (Lipinski definition) is 3. The van der Waals surface area contributed by atoms with E-state index in [1.165, 1.54) is 21.0 Å². The van der Waals surface area contributed by atoms with Gasteiger partial charge in [-0.15, -0.1) is 23.1 Å². The summed E-state index contributed by atoms with van der Waals surface area (Å²) < 4.78 is 1.09. The maximum Gasteiger partial charge on any atom is 0.104 e. The summed E-state index contributed by atoms with van der Waals surface area (Å²) in [6.45, 7) is 2.12. The van der Waals surface area contributed by atoms with Crippen LogP contribution in [0.15, 0.2) is 63.3 Å². The molecule has 0 N–H and O–H groups in total. The van der Waals surface area contributed by atoms with Crippen molar-refractivity contribution in [2.75, 3.05) is 0 Å². The molecule has 3 rings (SSSR count). The predicted octanol–water partition coefficient (Wildman–Crippen LogP) is 6.17. The molecule has 0 fully saturated rings. The van der Waals surface area contributed by atoms with Gasteiger partial charge in [-0.05, 0) is 31.2 Å². The quantitative estimate of drug-likeness (QED) is 0.505. The van der Waals surface area contributed by atoms with Gasteiger partial charge in [0, 0.05) is 20.3 Å². The van der Waals surface area contributed by atoms with E-state index in [4.69, 9.17) is 4.98 Å².